The Morgan fingerprint density at radius 1 is 1.17 bits per heavy atom. The molecule has 0 spiro atoms. The molecule has 2 aromatic heterocycles. The lowest BCUT2D eigenvalue weighted by Crippen LogP contribution is -2.17. The van der Waals surface area contributed by atoms with Gasteiger partial charge in [-0.3, -0.25) is 9.20 Å². The van der Waals surface area contributed by atoms with Gasteiger partial charge in [-0.15, -0.1) is 0 Å². The van der Waals surface area contributed by atoms with E-state index in [0.29, 0.717) is 16.2 Å². The first-order valence-electron chi connectivity index (χ1n) is 6.83. The Hall–Kier alpha value is -2.18. The highest BCUT2D eigenvalue weighted by Gasteiger charge is 2.19. The van der Waals surface area contributed by atoms with Crippen molar-refractivity contribution in [3.05, 3.63) is 75.3 Å². The summed E-state index contributed by atoms with van der Waals surface area (Å²) in [5.74, 6) is -0.327. The van der Waals surface area contributed by atoms with Gasteiger partial charge in [0.2, 0.25) is 0 Å². The van der Waals surface area contributed by atoms with E-state index in [1.54, 1.807) is 43.3 Å². The first kappa shape index (κ1) is 15.7. The number of rotatable bonds is 3. The molecular formula is C16H13ClN2O3S. The van der Waals surface area contributed by atoms with Crippen LogP contribution < -0.4 is 5.56 Å². The Balaban J connectivity index is 2.07. The molecule has 0 radical (unpaired) electrons. The van der Waals surface area contributed by atoms with Crippen LogP contribution in [0.1, 0.15) is 11.3 Å². The molecular weight excluding hydrogens is 336 g/mol. The summed E-state index contributed by atoms with van der Waals surface area (Å²) >= 11 is 5.85. The van der Waals surface area contributed by atoms with Crippen LogP contribution in [-0.4, -0.2) is 17.8 Å². The molecule has 0 saturated carbocycles. The van der Waals surface area contributed by atoms with Gasteiger partial charge in [0.15, 0.2) is 9.84 Å². The van der Waals surface area contributed by atoms with Gasteiger partial charge >= 0.3 is 0 Å². The molecule has 1 aromatic carbocycles. The molecule has 23 heavy (non-hydrogen) atoms. The fraction of sp³-hybridized carbons (Fsp3) is 0.125. The molecule has 0 bridgehead atoms. The number of halogens is 1. The maximum absolute atomic E-state index is 12.6. The number of aromatic nitrogens is 2. The molecule has 0 atom stereocenters. The van der Waals surface area contributed by atoms with Gasteiger partial charge in [-0.05, 0) is 30.7 Å². The topological polar surface area (TPSA) is 68.5 Å². The second-order valence-corrected chi connectivity index (χ2v) is 7.58. The highest BCUT2D eigenvalue weighted by molar-refractivity contribution is 7.90. The Labute approximate surface area is 138 Å². The number of benzene rings is 1. The summed E-state index contributed by atoms with van der Waals surface area (Å²) in [7, 11) is -3.57. The maximum atomic E-state index is 12.6. The Morgan fingerprint density at radius 3 is 2.65 bits per heavy atom. The third-order valence-corrected chi connectivity index (χ3v) is 5.47. The van der Waals surface area contributed by atoms with Crippen molar-refractivity contribution >= 4 is 27.1 Å². The molecule has 7 heteroatoms. The van der Waals surface area contributed by atoms with E-state index in [4.69, 9.17) is 11.6 Å². The predicted octanol–water partition coefficient (Wildman–Crippen LogP) is 2.63. The van der Waals surface area contributed by atoms with Crippen LogP contribution in [0.15, 0.2) is 58.4 Å². The van der Waals surface area contributed by atoms with E-state index in [9.17, 15) is 13.2 Å². The highest BCUT2D eigenvalue weighted by atomic mass is 35.5. The molecule has 0 aliphatic heterocycles. The average Bonchev–Trinajstić information content (AvgIpc) is 2.48. The smallest absolute Gasteiger partial charge is 0.258 e. The van der Waals surface area contributed by atoms with Gasteiger partial charge in [0.1, 0.15) is 5.65 Å². The Morgan fingerprint density at radius 2 is 1.91 bits per heavy atom. The van der Waals surface area contributed by atoms with Crippen LogP contribution in [0.2, 0.25) is 5.02 Å². The van der Waals surface area contributed by atoms with Crippen molar-refractivity contribution < 1.29 is 8.42 Å². The van der Waals surface area contributed by atoms with Crippen molar-refractivity contribution in [1.82, 2.24) is 9.38 Å². The van der Waals surface area contributed by atoms with E-state index in [0.717, 1.165) is 0 Å². The molecule has 5 nitrogen and oxygen atoms in total. The van der Waals surface area contributed by atoms with Gasteiger partial charge in [-0.1, -0.05) is 29.8 Å². The second kappa shape index (κ2) is 5.79. The fourth-order valence-electron chi connectivity index (χ4n) is 2.38. The van der Waals surface area contributed by atoms with Gasteiger partial charge in [0.25, 0.3) is 5.56 Å². The summed E-state index contributed by atoms with van der Waals surface area (Å²) in [6, 6.07) is 11.1. The van der Waals surface area contributed by atoms with E-state index < -0.39 is 9.84 Å². The molecule has 0 N–H and O–H groups in total. The molecule has 0 fully saturated rings. The largest absolute Gasteiger partial charge is 0.269 e. The third-order valence-electron chi connectivity index (χ3n) is 3.44. The fourth-order valence-corrected chi connectivity index (χ4v) is 4.08. The molecule has 0 aliphatic rings. The molecule has 0 amide bonds. The lowest BCUT2D eigenvalue weighted by atomic mass is 10.2. The van der Waals surface area contributed by atoms with Crippen molar-refractivity contribution in [1.29, 1.82) is 0 Å². The Kier molecular flexibility index (Phi) is 3.95. The molecule has 3 rings (SSSR count). The van der Waals surface area contributed by atoms with Crippen LogP contribution in [0.25, 0.3) is 5.65 Å². The number of fused-ring (bicyclic) bond motifs is 1. The third kappa shape index (κ3) is 3.13. The van der Waals surface area contributed by atoms with Crippen LogP contribution >= 0.6 is 11.6 Å². The molecule has 3 aromatic rings. The van der Waals surface area contributed by atoms with Crippen molar-refractivity contribution in [2.45, 2.75) is 17.6 Å². The van der Waals surface area contributed by atoms with E-state index in [-0.39, 0.29) is 21.9 Å². The minimum Gasteiger partial charge on any atom is -0.269 e. The van der Waals surface area contributed by atoms with Crippen LogP contribution in [0, 0.1) is 6.92 Å². The summed E-state index contributed by atoms with van der Waals surface area (Å²) < 4.78 is 26.4. The lowest BCUT2D eigenvalue weighted by molar-refractivity contribution is 0.594. The minimum atomic E-state index is -3.57. The number of pyridine rings is 1. The molecule has 118 valence electrons. The SMILES string of the molecule is Cc1ccccc1S(=O)(=O)Cc1cc(=O)n2cc(Cl)ccc2n1. The van der Waals surface area contributed by atoms with Crippen molar-refractivity contribution in [2.75, 3.05) is 0 Å². The summed E-state index contributed by atoms with van der Waals surface area (Å²) in [4.78, 5) is 16.6. The normalized spacial score (nSPS) is 11.7. The number of hydrogen-bond donors (Lipinski definition) is 0. The molecule has 0 saturated heterocycles. The average molecular weight is 349 g/mol. The minimum absolute atomic E-state index is 0.209. The zero-order valence-electron chi connectivity index (χ0n) is 12.2. The second-order valence-electron chi connectivity index (χ2n) is 5.19. The summed E-state index contributed by atoms with van der Waals surface area (Å²) in [5, 5.41) is 0.404. The first-order chi connectivity index (χ1) is 10.9. The molecule has 0 aliphatic carbocycles. The standard InChI is InChI=1S/C16H13ClN2O3S/c1-11-4-2-3-5-14(11)23(21,22)10-13-8-16(20)19-9-12(17)6-7-15(19)18-13/h2-9H,10H2,1H3. The quantitative estimate of drug-likeness (QED) is 0.729. The number of sulfone groups is 1. The number of nitrogens with zero attached hydrogens (tertiary/aromatic N) is 2. The monoisotopic (exact) mass is 348 g/mol. The van der Waals surface area contributed by atoms with Gasteiger partial charge in [0, 0.05) is 12.3 Å². The van der Waals surface area contributed by atoms with Gasteiger partial charge in [-0.2, -0.15) is 0 Å². The van der Waals surface area contributed by atoms with Crippen LogP contribution in [0.5, 0.6) is 0 Å². The summed E-state index contributed by atoms with van der Waals surface area (Å²) in [5.41, 5.74) is 0.863. The highest BCUT2D eigenvalue weighted by Crippen LogP contribution is 2.19. The van der Waals surface area contributed by atoms with Gasteiger partial charge < -0.3 is 0 Å². The van der Waals surface area contributed by atoms with E-state index in [1.165, 1.54) is 16.7 Å². The Bertz CT molecular complexity index is 1060. The predicted molar refractivity (Wildman–Crippen MR) is 88.5 cm³/mol. The van der Waals surface area contributed by atoms with Crippen molar-refractivity contribution in [3.63, 3.8) is 0 Å². The van der Waals surface area contributed by atoms with Crippen LogP contribution in [0.3, 0.4) is 0 Å². The zero-order valence-corrected chi connectivity index (χ0v) is 13.8. The van der Waals surface area contributed by atoms with E-state index in [2.05, 4.69) is 4.98 Å². The molecule has 0 unspecified atom stereocenters. The lowest BCUT2D eigenvalue weighted by Gasteiger charge is -2.08. The maximum Gasteiger partial charge on any atom is 0.258 e. The summed E-state index contributed by atoms with van der Waals surface area (Å²) in [6.07, 6.45) is 1.45. The summed E-state index contributed by atoms with van der Waals surface area (Å²) in [6.45, 7) is 1.73. The zero-order chi connectivity index (χ0) is 16.6. The van der Waals surface area contributed by atoms with Crippen molar-refractivity contribution in [2.24, 2.45) is 0 Å². The van der Waals surface area contributed by atoms with Gasteiger partial charge in [0.05, 0.1) is 21.4 Å². The van der Waals surface area contributed by atoms with E-state index in [1.807, 2.05) is 0 Å². The number of hydrogen-bond acceptors (Lipinski definition) is 4. The first-order valence-corrected chi connectivity index (χ1v) is 8.86. The van der Waals surface area contributed by atoms with E-state index >= 15 is 0 Å². The van der Waals surface area contributed by atoms with Crippen molar-refractivity contribution in [3.8, 4) is 0 Å². The number of aryl methyl sites for hydroxylation is 1. The van der Waals surface area contributed by atoms with Crippen LogP contribution in [0.4, 0.5) is 0 Å². The van der Waals surface area contributed by atoms with Gasteiger partial charge in [-0.25, -0.2) is 13.4 Å². The van der Waals surface area contributed by atoms with Crippen LogP contribution in [-0.2, 0) is 15.6 Å². The molecule has 2 heterocycles.